The molecular formula is C13H15NO4. The molecule has 1 amide bonds. The first kappa shape index (κ1) is 9.78. The number of hydrogen-bond donors (Lipinski definition) is 0. The van der Waals surface area contributed by atoms with Crippen LogP contribution in [0.25, 0.3) is 0 Å². The normalized spacial score (nSPS) is 62.2. The van der Waals surface area contributed by atoms with Crippen LogP contribution >= 0.6 is 0 Å². The summed E-state index contributed by atoms with van der Waals surface area (Å²) in [7, 11) is 4.68. The van der Waals surface area contributed by atoms with E-state index in [0.717, 1.165) is 0 Å². The molecule has 6 aliphatic carbocycles. The van der Waals surface area contributed by atoms with E-state index in [2.05, 4.69) is 0 Å². The van der Waals surface area contributed by atoms with Crippen molar-refractivity contribution in [3.63, 3.8) is 0 Å². The van der Waals surface area contributed by atoms with Gasteiger partial charge in [-0.1, -0.05) is 0 Å². The Hall–Kier alpha value is -1.10. The van der Waals surface area contributed by atoms with Gasteiger partial charge in [0.05, 0.1) is 25.0 Å². The smallest absolute Gasteiger partial charge is 0.312 e. The minimum absolute atomic E-state index is 0.0212. The molecule has 0 aliphatic heterocycles. The summed E-state index contributed by atoms with van der Waals surface area (Å²) in [6.45, 7) is 0. The van der Waals surface area contributed by atoms with Gasteiger partial charge in [0.15, 0.2) is 0 Å². The number of carbonyl (C=O) groups is 2. The van der Waals surface area contributed by atoms with Crippen molar-refractivity contribution in [3.8, 4) is 0 Å². The molecule has 6 rings (SSSR count). The molecule has 6 fully saturated rings. The maximum atomic E-state index is 12.4. The predicted molar refractivity (Wildman–Crippen MR) is 57.6 cm³/mol. The van der Waals surface area contributed by atoms with E-state index in [4.69, 9.17) is 9.57 Å². The fraction of sp³-hybridized carbons (Fsp3) is 0.846. The molecule has 96 valence electrons. The molecule has 0 saturated heterocycles. The van der Waals surface area contributed by atoms with Gasteiger partial charge in [0.1, 0.15) is 0 Å². The maximum absolute atomic E-state index is 12.4. The van der Waals surface area contributed by atoms with Crippen LogP contribution in [0.4, 0.5) is 0 Å². The minimum Gasteiger partial charge on any atom is -0.469 e. The summed E-state index contributed by atoms with van der Waals surface area (Å²) in [4.78, 5) is 29.3. The first-order valence-corrected chi connectivity index (χ1v) is 6.51. The number of amides is 1. The molecule has 0 heterocycles. The Bertz CT molecular complexity index is 474. The van der Waals surface area contributed by atoms with Crippen molar-refractivity contribution in [2.24, 2.45) is 46.3 Å². The summed E-state index contributed by atoms with van der Waals surface area (Å²) in [5.41, 5.74) is -0.289. The molecule has 0 N–H and O–H groups in total. The van der Waals surface area contributed by atoms with Gasteiger partial charge in [0.25, 0.3) is 5.91 Å². The summed E-state index contributed by atoms with van der Waals surface area (Å²) < 4.78 is 4.96. The fourth-order valence-electron chi connectivity index (χ4n) is 6.90. The average molecular weight is 249 g/mol. The predicted octanol–water partition coefficient (Wildman–Crippen LogP) is -0.0828. The van der Waals surface area contributed by atoms with Crippen molar-refractivity contribution < 1.29 is 19.2 Å². The van der Waals surface area contributed by atoms with Crippen molar-refractivity contribution in [1.29, 1.82) is 0 Å². The van der Waals surface area contributed by atoms with E-state index in [1.807, 2.05) is 0 Å². The number of esters is 1. The number of carbonyl (C=O) groups excluding carboxylic acids is 2. The molecular weight excluding hydrogens is 234 g/mol. The second-order valence-corrected chi connectivity index (χ2v) is 6.50. The van der Waals surface area contributed by atoms with E-state index in [-0.39, 0.29) is 22.7 Å². The van der Waals surface area contributed by atoms with E-state index < -0.39 is 0 Å². The Morgan fingerprint density at radius 1 is 0.944 bits per heavy atom. The van der Waals surface area contributed by atoms with Crippen LogP contribution < -0.4 is 0 Å². The van der Waals surface area contributed by atoms with Gasteiger partial charge in [0, 0.05) is 7.05 Å². The van der Waals surface area contributed by atoms with Gasteiger partial charge in [-0.3, -0.25) is 14.4 Å². The first-order chi connectivity index (χ1) is 8.61. The first-order valence-electron chi connectivity index (χ1n) is 6.51. The molecule has 0 aromatic heterocycles. The molecule has 6 saturated carbocycles. The van der Waals surface area contributed by atoms with Gasteiger partial charge in [-0.15, -0.1) is 0 Å². The lowest BCUT2D eigenvalue weighted by Crippen LogP contribution is -3.12. The van der Waals surface area contributed by atoms with Gasteiger partial charge in [-0.2, -0.15) is 0 Å². The number of hydrogen-bond acceptors (Lipinski definition) is 4. The van der Waals surface area contributed by atoms with Gasteiger partial charge in [-0.25, -0.2) is 5.06 Å². The maximum Gasteiger partial charge on any atom is 0.312 e. The quantitative estimate of drug-likeness (QED) is 0.518. The molecule has 0 radical (unpaired) electrons. The summed E-state index contributed by atoms with van der Waals surface area (Å²) >= 11 is 0. The molecule has 5 heteroatoms. The van der Waals surface area contributed by atoms with E-state index in [9.17, 15) is 9.59 Å². The van der Waals surface area contributed by atoms with Crippen LogP contribution in [0.3, 0.4) is 0 Å². The van der Waals surface area contributed by atoms with Crippen molar-refractivity contribution >= 4 is 11.9 Å². The molecule has 5 nitrogen and oxygen atoms in total. The summed E-state index contributed by atoms with van der Waals surface area (Å²) in [6, 6.07) is 0. The number of hydroxylamine groups is 2. The monoisotopic (exact) mass is 249 g/mol. The van der Waals surface area contributed by atoms with E-state index in [1.165, 1.54) is 19.3 Å². The molecule has 18 heavy (non-hydrogen) atoms. The van der Waals surface area contributed by atoms with Crippen LogP contribution in [0.2, 0.25) is 0 Å². The van der Waals surface area contributed by atoms with Crippen molar-refractivity contribution in [1.82, 2.24) is 5.06 Å². The molecule has 0 spiro atoms. The van der Waals surface area contributed by atoms with Crippen molar-refractivity contribution in [2.75, 3.05) is 21.3 Å². The van der Waals surface area contributed by atoms with Crippen LogP contribution in [-0.4, -0.2) is 38.2 Å². The van der Waals surface area contributed by atoms with E-state index >= 15 is 0 Å². The molecule has 0 aromatic carbocycles. The van der Waals surface area contributed by atoms with Gasteiger partial charge in [-0.05, 0) is 35.5 Å². The summed E-state index contributed by atoms with van der Waals surface area (Å²) in [5, 5.41) is 1.37. The molecule has 0 bridgehead atoms. The largest absolute Gasteiger partial charge is 0.469 e. The highest BCUT2D eigenvalue weighted by atomic mass is 16.7. The highest BCUT2D eigenvalue weighted by Gasteiger charge is 3.13. The van der Waals surface area contributed by atoms with Crippen LogP contribution in [0, 0.1) is 46.3 Å². The lowest BCUT2D eigenvalue weighted by atomic mass is 8.92. The molecule has 6 aliphatic rings. The summed E-state index contributed by atoms with van der Waals surface area (Å²) in [6.07, 6.45) is 0. The topological polar surface area (TPSA) is 55.8 Å². The number of rotatable bonds is 3. The Morgan fingerprint density at radius 3 is 1.78 bits per heavy atom. The highest BCUT2D eigenvalue weighted by Crippen LogP contribution is 3.10. The van der Waals surface area contributed by atoms with Crippen molar-refractivity contribution in [3.05, 3.63) is 0 Å². The minimum atomic E-state index is -0.150. The number of nitrogens with zero attached hydrogens (tertiary/aromatic N) is 1. The third-order valence-corrected chi connectivity index (χ3v) is 7.10. The van der Waals surface area contributed by atoms with Crippen LogP contribution in [0.15, 0.2) is 0 Å². The zero-order valence-corrected chi connectivity index (χ0v) is 10.5. The van der Waals surface area contributed by atoms with E-state index in [0.29, 0.717) is 35.5 Å². The lowest BCUT2D eigenvalue weighted by Gasteiger charge is -3.09. The zero-order chi connectivity index (χ0) is 12.6. The Morgan fingerprint density at radius 2 is 1.39 bits per heavy atom. The lowest BCUT2D eigenvalue weighted by molar-refractivity contribution is -0.628. The number of methoxy groups -OCH3 is 1. The van der Waals surface area contributed by atoms with Crippen LogP contribution in [0.1, 0.15) is 0 Å². The third-order valence-electron chi connectivity index (χ3n) is 7.10. The fourth-order valence-corrected chi connectivity index (χ4v) is 6.90. The molecule has 0 aromatic rings. The highest BCUT2D eigenvalue weighted by molar-refractivity contribution is 5.98. The second-order valence-electron chi connectivity index (χ2n) is 6.50. The third kappa shape index (κ3) is 0.462. The van der Waals surface area contributed by atoms with Gasteiger partial charge in [0.2, 0.25) is 0 Å². The van der Waals surface area contributed by atoms with Crippen LogP contribution in [-0.2, 0) is 19.2 Å². The Kier molecular flexibility index (Phi) is 1.20. The van der Waals surface area contributed by atoms with Crippen molar-refractivity contribution in [2.45, 2.75) is 0 Å². The average Bonchev–Trinajstić information content (AvgIpc) is 2.44. The number of ether oxygens (including phenoxy) is 1. The Labute approximate surface area is 104 Å². The van der Waals surface area contributed by atoms with E-state index in [1.54, 1.807) is 7.05 Å². The zero-order valence-electron chi connectivity index (χ0n) is 10.5. The van der Waals surface area contributed by atoms with Gasteiger partial charge >= 0.3 is 5.97 Å². The molecule has 0 atom stereocenters. The standard InChI is InChI=1S/C13H15NO4/c1-14(18-3)10(15)12-4-7-5(12)9-6(12)8(4)13(7,9)11(16)17-2/h4-9H,1-3H3. The Balaban J connectivity index is 1.47. The second kappa shape index (κ2) is 2.22. The summed E-state index contributed by atoms with van der Waals surface area (Å²) in [5.74, 6) is 2.78. The van der Waals surface area contributed by atoms with Gasteiger partial charge < -0.3 is 4.74 Å². The van der Waals surface area contributed by atoms with Crippen LogP contribution in [0.5, 0.6) is 0 Å². The molecule has 0 unspecified atom stereocenters. The SMILES string of the molecule is COC(=O)C12C3C4C1C1C2C3C41C(=O)N(C)OC.